The van der Waals surface area contributed by atoms with Gasteiger partial charge in [-0.2, -0.15) is 5.10 Å². The summed E-state index contributed by atoms with van der Waals surface area (Å²) >= 11 is 1.65. The first-order chi connectivity index (χ1) is 12.6. The Bertz CT molecular complexity index is 887. The van der Waals surface area contributed by atoms with Crippen LogP contribution < -0.4 is 4.80 Å². The molecule has 5 nitrogen and oxygen atoms in total. The zero-order valence-electron chi connectivity index (χ0n) is 15.1. The number of rotatable bonds is 4. The SMILES string of the molecule is Cc1cc(O)c(/C=N/n2c(C3CC3)cs/c2=N\C2CCCCC2)cc1O. The molecule has 0 radical (unpaired) electrons. The molecular weight excluding hydrogens is 346 g/mol. The predicted octanol–water partition coefficient (Wildman–Crippen LogP) is 4.26. The molecule has 2 saturated carbocycles. The maximum Gasteiger partial charge on any atom is 0.206 e. The van der Waals surface area contributed by atoms with Crippen molar-refractivity contribution in [3.63, 3.8) is 0 Å². The van der Waals surface area contributed by atoms with E-state index < -0.39 is 0 Å². The van der Waals surface area contributed by atoms with Gasteiger partial charge in [-0.3, -0.25) is 4.99 Å². The Morgan fingerprint density at radius 3 is 2.58 bits per heavy atom. The van der Waals surface area contributed by atoms with Crippen LogP contribution in [0.1, 0.15) is 67.7 Å². The fourth-order valence-corrected chi connectivity index (χ4v) is 4.44. The van der Waals surface area contributed by atoms with Crippen molar-refractivity contribution in [3.8, 4) is 11.5 Å². The molecule has 0 saturated heterocycles. The van der Waals surface area contributed by atoms with Gasteiger partial charge in [-0.25, -0.2) is 4.68 Å². The highest BCUT2D eigenvalue weighted by molar-refractivity contribution is 7.07. The van der Waals surface area contributed by atoms with Crippen LogP contribution in [0.2, 0.25) is 0 Å². The highest BCUT2D eigenvalue weighted by atomic mass is 32.1. The van der Waals surface area contributed by atoms with E-state index >= 15 is 0 Å². The second-order valence-corrected chi connectivity index (χ2v) is 8.23. The highest BCUT2D eigenvalue weighted by Crippen LogP contribution is 2.40. The summed E-state index contributed by atoms with van der Waals surface area (Å²) in [5, 5.41) is 26.8. The molecular formula is C20H25N3O2S. The Morgan fingerprint density at radius 2 is 1.85 bits per heavy atom. The van der Waals surface area contributed by atoms with Gasteiger partial charge < -0.3 is 10.2 Å². The number of aryl methyl sites for hydroxylation is 1. The molecule has 1 aromatic carbocycles. The van der Waals surface area contributed by atoms with Crippen molar-refractivity contribution >= 4 is 17.6 Å². The fraction of sp³-hybridized carbons (Fsp3) is 0.500. The standard InChI is InChI=1S/C20H25N3O2S/c1-13-9-19(25)15(10-18(13)24)11-21-23-17(14-7-8-14)12-26-20(23)22-16-5-3-2-4-6-16/h9-12,14,16,24-25H,2-8H2,1H3/b21-11+,22-20-. The van der Waals surface area contributed by atoms with Crippen molar-refractivity contribution in [2.24, 2.45) is 10.1 Å². The van der Waals surface area contributed by atoms with Gasteiger partial charge in [0.1, 0.15) is 11.5 Å². The minimum Gasteiger partial charge on any atom is -0.508 e. The van der Waals surface area contributed by atoms with E-state index in [1.807, 2.05) is 4.68 Å². The lowest BCUT2D eigenvalue weighted by Gasteiger charge is -2.16. The third-order valence-corrected chi connectivity index (χ3v) is 6.08. The average molecular weight is 372 g/mol. The van der Waals surface area contributed by atoms with E-state index in [1.54, 1.807) is 36.6 Å². The van der Waals surface area contributed by atoms with Gasteiger partial charge in [-0.1, -0.05) is 19.3 Å². The highest BCUT2D eigenvalue weighted by Gasteiger charge is 2.28. The van der Waals surface area contributed by atoms with Gasteiger partial charge in [0.2, 0.25) is 4.80 Å². The van der Waals surface area contributed by atoms with Gasteiger partial charge in [0, 0.05) is 16.9 Å². The van der Waals surface area contributed by atoms with Crippen molar-refractivity contribution in [1.29, 1.82) is 0 Å². The van der Waals surface area contributed by atoms with Gasteiger partial charge in [0.05, 0.1) is 18.0 Å². The summed E-state index contributed by atoms with van der Waals surface area (Å²) in [6.07, 6.45) is 10.2. The molecule has 6 heteroatoms. The summed E-state index contributed by atoms with van der Waals surface area (Å²) in [5.41, 5.74) is 2.36. The molecule has 0 aliphatic heterocycles. The number of phenols is 2. The molecule has 0 bridgehead atoms. The van der Waals surface area contributed by atoms with Crippen LogP contribution in [-0.4, -0.2) is 27.1 Å². The number of hydrogen-bond donors (Lipinski definition) is 2. The molecule has 2 aromatic rings. The molecule has 0 unspecified atom stereocenters. The van der Waals surface area contributed by atoms with Crippen molar-refractivity contribution in [1.82, 2.24) is 4.68 Å². The van der Waals surface area contributed by atoms with Gasteiger partial charge in [0.25, 0.3) is 0 Å². The second-order valence-electron chi connectivity index (χ2n) is 7.39. The lowest BCUT2D eigenvalue weighted by Crippen LogP contribution is -2.19. The van der Waals surface area contributed by atoms with Crippen LogP contribution in [-0.2, 0) is 0 Å². The average Bonchev–Trinajstić information content (AvgIpc) is 3.40. The molecule has 1 heterocycles. The number of nitrogens with zero attached hydrogens (tertiary/aromatic N) is 3. The van der Waals surface area contributed by atoms with E-state index in [0.29, 0.717) is 23.1 Å². The maximum absolute atomic E-state index is 10.1. The molecule has 1 aromatic heterocycles. The summed E-state index contributed by atoms with van der Waals surface area (Å²) in [6.45, 7) is 1.76. The van der Waals surface area contributed by atoms with Crippen molar-refractivity contribution in [2.45, 2.75) is 63.8 Å². The second kappa shape index (κ2) is 7.27. The van der Waals surface area contributed by atoms with E-state index in [1.165, 1.54) is 37.8 Å². The molecule has 26 heavy (non-hydrogen) atoms. The van der Waals surface area contributed by atoms with Crippen molar-refractivity contribution in [3.05, 3.63) is 39.1 Å². The predicted molar refractivity (Wildman–Crippen MR) is 104 cm³/mol. The molecule has 2 fully saturated rings. The molecule has 0 amide bonds. The summed E-state index contributed by atoms with van der Waals surface area (Å²) in [4.78, 5) is 5.91. The lowest BCUT2D eigenvalue weighted by atomic mass is 9.96. The van der Waals surface area contributed by atoms with E-state index in [0.717, 1.165) is 17.6 Å². The van der Waals surface area contributed by atoms with Crippen LogP contribution in [0.3, 0.4) is 0 Å². The van der Waals surface area contributed by atoms with Crippen LogP contribution in [0.25, 0.3) is 0 Å². The summed E-state index contributed by atoms with van der Waals surface area (Å²) < 4.78 is 1.94. The molecule has 2 N–H and O–H groups in total. The van der Waals surface area contributed by atoms with E-state index in [4.69, 9.17) is 4.99 Å². The first-order valence-corrected chi connectivity index (χ1v) is 10.3. The zero-order valence-corrected chi connectivity index (χ0v) is 15.9. The van der Waals surface area contributed by atoms with Crippen LogP contribution in [0.4, 0.5) is 0 Å². The smallest absolute Gasteiger partial charge is 0.206 e. The minimum absolute atomic E-state index is 0.124. The summed E-state index contributed by atoms with van der Waals surface area (Å²) in [7, 11) is 0. The largest absolute Gasteiger partial charge is 0.508 e. The number of aromatic hydroxyl groups is 2. The van der Waals surface area contributed by atoms with Gasteiger partial charge in [-0.05, 0) is 50.3 Å². The third-order valence-electron chi connectivity index (χ3n) is 5.23. The van der Waals surface area contributed by atoms with E-state index in [9.17, 15) is 10.2 Å². The number of aromatic nitrogens is 1. The molecule has 0 atom stereocenters. The van der Waals surface area contributed by atoms with Gasteiger partial charge >= 0.3 is 0 Å². The Kier molecular flexibility index (Phi) is 4.85. The third kappa shape index (κ3) is 3.70. The first-order valence-electron chi connectivity index (χ1n) is 9.43. The maximum atomic E-state index is 10.1. The van der Waals surface area contributed by atoms with Crippen LogP contribution >= 0.6 is 11.3 Å². The van der Waals surface area contributed by atoms with Gasteiger partial charge in [0.15, 0.2) is 0 Å². The molecule has 2 aliphatic carbocycles. The number of benzene rings is 1. The fourth-order valence-electron chi connectivity index (χ4n) is 3.46. The van der Waals surface area contributed by atoms with E-state index in [2.05, 4.69) is 10.5 Å². The normalized spacial score (nSPS) is 19.5. The topological polar surface area (TPSA) is 70.1 Å². The number of phenolic OH excluding ortho intramolecular Hbond substituents is 2. The summed E-state index contributed by atoms with van der Waals surface area (Å²) in [6, 6.07) is 3.51. The lowest BCUT2D eigenvalue weighted by molar-refractivity contribution is 0.435. The Labute approximate surface area is 157 Å². The molecule has 2 aliphatic rings. The monoisotopic (exact) mass is 371 g/mol. The van der Waals surface area contributed by atoms with Crippen molar-refractivity contribution < 1.29 is 10.2 Å². The molecule has 4 rings (SSSR count). The summed E-state index contributed by atoms with van der Waals surface area (Å²) in [5.74, 6) is 0.853. The minimum atomic E-state index is 0.124. The number of hydrogen-bond acceptors (Lipinski definition) is 5. The molecule has 138 valence electrons. The van der Waals surface area contributed by atoms with E-state index in [-0.39, 0.29) is 11.5 Å². The van der Waals surface area contributed by atoms with Gasteiger partial charge in [-0.15, -0.1) is 11.3 Å². The van der Waals surface area contributed by atoms with Crippen LogP contribution in [0, 0.1) is 6.92 Å². The Morgan fingerprint density at radius 1 is 1.08 bits per heavy atom. The quantitative estimate of drug-likeness (QED) is 0.623. The van der Waals surface area contributed by atoms with Crippen LogP contribution in [0.5, 0.6) is 11.5 Å². The van der Waals surface area contributed by atoms with Crippen LogP contribution in [0.15, 0.2) is 27.6 Å². The number of thiazole rings is 1. The zero-order chi connectivity index (χ0) is 18.1. The first kappa shape index (κ1) is 17.3. The Hall–Kier alpha value is -2.08. The van der Waals surface area contributed by atoms with Crippen molar-refractivity contribution in [2.75, 3.05) is 0 Å². The molecule has 0 spiro atoms. The Balaban J connectivity index is 1.69.